The van der Waals surface area contributed by atoms with Crippen molar-refractivity contribution in [3.05, 3.63) is 42.1 Å². The zero-order chi connectivity index (χ0) is 22.3. The van der Waals surface area contributed by atoms with Crippen molar-refractivity contribution in [1.29, 1.82) is 0 Å². The fourth-order valence-electron chi connectivity index (χ4n) is 3.08. The van der Waals surface area contributed by atoms with E-state index in [2.05, 4.69) is 33.0 Å². The number of anilines is 1. The number of amides is 2. The number of nitrogens with zero attached hydrogens (tertiary/aromatic N) is 3. The van der Waals surface area contributed by atoms with E-state index >= 15 is 0 Å². The van der Waals surface area contributed by atoms with Gasteiger partial charge < -0.3 is 10.2 Å². The molecular weight excluding hydrogens is 376 g/mol. The minimum atomic E-state index is -0.208. The largest absolute Gasteiger partial charge is 0.333 e. The van der Waals surface area contributed by atoms with Crippen molar-refractivity contribution in [3.63, 3.8) is 0 Å². The number of carbonyl (C=O) groups is 2. The number of hydrogen-bond donors (Lipinski definition) is 1. The van der Waals surface area contributed by atoms with Gasteiger partial charge in [-0.2, -0.15) is 5.10 Å². The molecule has 0 saturated heterocycles. The van der Waals surface area contributed by atoms with Gasteiger partial charge in [0, 0.05) is 24.4 Å². The standard InChI is InChI=1S/C24H36N4O2/c1-7-8-14-27(23(30)15-18(2)3)17-22(29)25-21-16-20(24(4,5)6)26-28(21)19-12-10-9-11-13-19/h9-13,16,18H,7-8,14-15,17H2,1-6H3,(H,25,29). The van der Waals surface area contributed by atoms with Crippen LogP contribution in [0.15, 0.2) is 36.4 Å². The summed E-state index contributed by atoms with van der Waals surface area (Å²) >= 11 is 0. The van der Waals surface area contributed by atoms with Crippen LogP contribution in [0.3, 0.4) is 0 Å². The van der Waals surface area contributed by atoms with Gasteiger partial charge in [0.2, 0.25) is 11.8 Å². The van der Waals surface area contributed by atoms with Gasteiger partial charge in [-0.05, 0) is 24.5 Å². The molecule has 0 bridgehead atoms. The fourth-order valence-corrected chi connectivity index (χ4v) is 3.08. The Balaban J connectivity index is 2.23. The molecule has 0 radical (unpaired) electrons. The molecule has 2 rings (SSSR count). The van der Waals surface area contributed by atoms with Crippen LogP contribution in [0.4, 0.5) is 5.82 Å². The second kappa shape index (κ2) is 10.4. The molecule has 1 aromatic heterocycles. The second-order valence-electron chi connectivity index (χ2n) is 9.23. The van der Waals surface area contributed by atoms with Crippen LogP contribution in [0.2, 0.25) is 0 Å². The minimum Gasteiger partial charge on any atom is -0.333 e. The number of carbonyl (C=O) groups excluding carboxylic acids is 2. The Morgan fingerprint density at radius 3 is 2.40 bits per heavy atom. The zero-order valence-corrected chi connectivity index (χ0v) is 19.2. The highest BCUT2D eigenvalue weighted by molar-refractivity contribution is 5.94. The number of hydrogen-bond acceptors (Lipinski definition) is 3. The summed E-state index contributed by atoms with van der Waals surface area (Å²) < 4.78 is 1.75. The van der Waals surface area contributed by atoms with Crippen molar-refractivity contribution in [3.8, 4) is 5.69 Å². The average molecular weight is 413 g/mol. The normalized spacial score (nSPS) is 11.6. The Kier molecular flexibility index (Phi) is 8.21. The van der Waals surface area contributed by atoms with Gasteiger partial charge in [-0.25, -0.2) is 4.68 Å². The molecule has 6 heteroatoms. The van der Waals surface area contributed by atoms with Gasteiger partial charge in [-0.3, -0.25) is 9.59 Å². The maximum Gasteiger partial charge on any atom is 0.245 e. The number of rotatable bonds is 9. The molecule has 6 nitrogen and oxygen atoms in total. The monoisotopic (exact) mass is 412 g/mol. The summed E-state index contributed by atoms with van der Waals surface area (Å²) in [4.78, 5) is 27.1. The number of benzene rings is 1. The lowest BCUT2D eigenvalue weighted by Gasteiger charge is -2.23. The Morgan fingerprint density at radius 1 is 1.17 bits per heavy atom. The van der Waals surface area contributed by atoms with Gasteiger partial charge in [0.25, 0.3) is 0 Å². The first-order valence-electron chi connectivity index (χ1n) is 10.9. The lowest BCUT2D eigenvalue weighted by molar-refractivity contribution is -0.135. The highest BCUT2D eigenvalue weighted by Crippen LogP contribution is 2.26. The van der Waals surface area contributed by atoms with E-state index in [0.29, 0.717) is 18.8 Å². The molecule has 0 fully saturated rings. The summed E-state index contributed by atoms with van der Waals surface area (Å²) in [7, 11) is 0. The molecule has 1 heterocycles. The van der Waals surface area contributed by atoms with E-state index in [1.54, 1.807) is 9.58 Å². The molecule has 30 heavy (non-hydrogen) atoms. The Morgan fingerprint density at radius 2 is 1.83 bits per heavy atom. The zero-order valence-electron chi connectivity index (χ0n) is 19.2. The summed E-state index contributed by atoms with van der Waals surface area (Å²) in [6.07, 6.45) is 2.31. The molecule has 1 aromatic carbocycles. The molecule has 164 valence electrons. The van der Waals surface area contributed by atoms with Crippen LogP contribution in [0.25, 0.3) is 5.69 Å². The molecule has 0 aliphatic rings. The van der Waals surface area contributed by atoms with Crippen LogP contribution in [0.1, 0.15) is 66.5 Å². The van der Waals surface area contributed by atoms with Crippen LogP contribution >= 0.6 is 0 Å². The lowest BCUT2D eigenvalue weighted by Crippen LogP contribution is -2.39. The third-order valence-electron chi connectivity index (χ3n) is 4.80. The summed E-state index contributed by atoms with van der Waals surface area (Å²) in [5.74, 6) is 0.697. The van der Waals surface area contributed by atoms with Crippen molar-refractivity contribution in [2.75, 3.05) is 18.4 Å². The highest BCUT2D eigenvalue weighted by Gasteiger charge is 2.23. The summed E-state index contributed by atoms with van der Waals surface area (Å²) in [6.45, 7) is 13.0. The molecule has 2 amide bonds. The van der Waals surface area contributed by atoms with Gasteiger partial charge >= 0.3 is 0 Å². The van der Waals surface area contributed by atoms with Crippen molar-refractivity contribution >= 4 is 17.6 Å². The number of para-hydroxylation sites is 1. The third-order valence-corrected chi connectivity index (χ3v) is 4.80. The van der Waals surface area contributed by atoms with Crippen LogP contribution in [-0.2, 0) is 15.0 Å². The van der Waals surface area contributed by atoms with E-state index in [9.17, 15) is 9.59 Å². The van der Waals surface area contributed by atoms with Crippen LogP contribution < -0.4 is 5.32 Å². The van der Waals surface area contributed by atoms with E-state index < -0.39 is 0 Å². The summed E-state index contributed by atoms with van der Waals surface area (Å²) in [6, 6.07) is 11.6. The maximum absolute atomic E-state index is 12.9. The molecule has 0 saturated carbocycles. The Labute approximate surface area is 180 Å². The Hall–Kier alpha value is -2.63. The molecule has 0 spiro atoms. The first-order valence-corrected chi connectivity index (χ1v) is 10.9. The van der Waals surface area contributed by atoms with E-state index in [-0.39, 0.29) is 29.7 Å². The molecule has 1 N–H and O–H groups in total. The molecule has 0 aliphatic heterocycles. The van der Waals surface area contributed by atoms with Crippen molar-refractivity contribution in [1.82, 2.24) is 14.7 Å². The van der Waals surface area contributed by atoms with Gasteiger partial charge in [0.05, 0.1) is 17.9 Å². The SMILES string of the molecule is CCCCN(CC(=O)Nc1cc(C(C)(C)C)nn1-c1ccccc1)C(=O)CC(C)C. The molecular formula is C24H36N4O2. The predicted octanol–water partition coefficient (Wildman–Crippen LogP) is 4.78. The van der Waals surface area contributed by atoms with Crippen LogP contribution in [0, 0.1) is 5.92 Å². The molecule has 0 atom stereocenters. The topological polar surface area (TPSA) is 67.2 Å². The molecule has 0 unspecified atom stereocenters. The van der Waals surface area contributed by atoms with E-state index in [1.165, 1.54) is 0 Å². The van der Waals surface area contributed by atoms with Gasteiger partial charge in [-0.1, -0.05) is 66.2 Å². The van der Waals surface area contributed by atoms with Gasteiger partial charge in [-0.15, -0.1) is 0 Å². The van der Waals surface area contributed by atoms with Gasteiger partial charge in [0.15, 0.2) is 0 Å². The quantitative estimate of drug-likeness (QED) is 0.644. The number of nitrogens with one attached hydrogen (secondary N) is 1. The smallest absolute Gasteiger partial charge is 0.245 e. The minimum absolute atomic E-state index is 0.0283. The van der Waals surface area contributed by atoms with E-state index in [4.69, 9.17) is 5.10 Å². The van der Waals surface area contributed by atoms with E-state index in [1.807, 2.05) is 50.2 Å². The maximum atomic E-state index is 12.9. The predicted molar refractivity (Wildman–Crippen MR) is 122 cm³/mol. The van der Waals surface area contributed by atoms with Crippen molar-refractivity contribution < 1.29 is 9.59 Å². The lowest BCUT2D eigenvalue weighted by atomic mass is 9.92. The first kappa shape index (κ1) is 23.6. The molecule has 2 aromatic rings. The summed E-state index contributed by atoms with van der Waals surface area (Å²) in [5, 5.41) is 7.71. The highest BCUT2D eigenvalue weighted by atomic mass is 16.2. The van der Waals surface area contributed by atoms with Crippen molar-refractivity contribution in [2.24, 2.45) is 5.92 Å². The van der Waals surface area contributed by atoms with Crippen LogP contribution in [0.5, 0.6) is 0 Å². The second-order valence-corrected chi connectivity index (χ2v) is 9.23. The fraction of sp³-hybridized carbons (Fsp3) is 0.542. The van der Waals surface area contributed by atoms with Crippen LogP contribution in [-0.4, -0.2) is 39.6 Å². The summed E-state index contributed by atoms with van der Waals surface area (Å²) in [5.41, 5.74) is 1.61. The number of unbranched alkanes of at least 4 members (excludes halogenated alkanes) is 1. The third kappa shape index (κ3) is 6.71. The van der Waals surface area contributed by atoms with Gasteiger partial charge in [0.1, 0.15) is 5.82 Å². The first-order chi connectivity index (χ1) is 14.1. The Bertz CT molecular complexity index is 835. The molecule has 0 aliphatic carbocycles. The average Bonchev–Trinajstić information content (AvgIpc) is 3.09. The van der Waals surface area contributed by atoms with E-state index in [0.717, 1.165) is 24.2 Å². The van der Waals surface area contributed by atoms with Crippen molar-refractivity contribution in [2.45, 2.75) is 66.2 Å². The number of aromatic nitrogens is 2.